The summed E-state index contributed by atoms with van der Waals surface area (Å²) in [6.45, 7) is 13.3. The Hall–Kier alpha value is -6.19. The van der Waals surface area contributed by atoms with Crippen LogP contribution in [-0.2, 0) is 17.9 Å². The van der Waals surface area contributed by atoms with Crippen molar-refractivity contribution < 1.29 is 4.79 Å². The summed E-state index contributed by atoms with van der Waals surface area (Å²) in [6.07, 6.45) is 30.0. The van der Waals surface area contributed by atoms with E-state index in [1.807, 2.05) is 157 Å². The number of hydrogen-bond acceptors (Lipinski definition) is 4. The van der Waals surface area contributed by atoms with Crippen molar-refractivity contribution in [3.8, 4) is 25.0 Å². The first kappa shape index (κ1) is 46.8. The molecule has 1 aliphatic carbocycles. The van der Waals surface area contributed by atoms with E-state index in [0.29, 0.717) is 25.2 Å². The number of carbonyl (C=O) groups excluding carboxylic acids is 1. The third-order valence-corrected chi connectivity index (χ3v) is 7.04. The van der Waals surface area contributed by atoms with Crippen LogP contribution in [0.5, 0.6) is 0 Å². The Bertz CT molecular complexity index is 1780. The molecule has 5 nitrogen and oxygen atoms in total. The number of rotatable bonds is 11. The zero-order valence-electron chi connectivity index (χ0n) is 32.3. The number of nitriles is 2. The van der Waals surface area contributed by atoms with Gasteiger partial charge in [-0.15, -0.1) is 12.8 Å². The third kappa shape index (κ3) is 19.1. The van der Waals surface area contributed by atoms with Crippen molar-refractivity contribution in [1.82, 2.24) is 10.6 Å². The number of nitrogens with zero attached hydrogens (tertiary/aromatic N) is 2. The second-order valence-electron chi connectivity index (χ2n) is 10.6. The number of nitrogens with one attached hydrogen (secondary N) is 2. The number of hydrogen-bond donors (Lipinski definition) is 2. The topological polar surface area (TPSA) is 88.7 Å². The number of amides is 1. The van der Waals surface area contributed by atoms with Gasteiger partial charge in [-0.1, -0.05) is 167 Å². The Balaban J connectivity index is 0.00000199. The average molecular weight is 705 g/mol. The second kappa shape index (κ2) is 31.8. The Morgan fingerprint density at radius 2 is 1.34 bits per heavy atom. The molecule has 0 aromatic heterocycles. The van der Waals surface area contributed by atoms with Gasteiger partial charge in [0.2, 0.25) is 0 Å². The van der Waals surface area contributed by atoms with E-state index >= 15 is 0 Å². The minimum absolute atomic E-state index is 0.0596. The van der Waals surface area contributed by atoms with Gasteiger partial charge in [-0.2, -0.15) is 10.5 Å². The first-order chi connectivity index (χ1) is 26.1. The third-order valence-electron chi connectivity index (χ3n) is 7.04. The fourth-order valence-corrected chi connectivity index (χ4v) is 4.76. The highest BCUT2D eigenvalue weighted by Gasteiger charge is 2.13. The number of carbonyl (C=O) groups is 1. The van der Waals surface area contributed by atoms with Crippen molar-refractivity contribution in [3.05, 3.63) is 179 Å². The van der Waals surface area contributed by atoms with E-state index in [-0.39, 0.29) is 5.57 Å². The molecule has 0 fully saturated rings. The molecule has 0 heterocycles. The predicted octanol–water partition coefficient (Wildman–Crippen LogP) is 11.2. The largest absolute Gasteiger partial charge is 0.347 e. The Morgan fingerprint density at radius 1 is 0.755 bits per heavy atom. The predicted molar refractivity (Wildman–Crippen MR) is 227 cm³/mol. The summed E-state index contributed by atoms with van der Waals surface area (Å²) in [7, 11) is 0. The summed E-state index contributed by atoms with van der Waals surface area (Å²) < 4.78 is 0. The molecule has 0 radical (unpaired) electrons. The van der Waals surface area contributed by atoms with E-state index in [0.717, 1.165) is 46.2 Å². The maximum atomic E-state index is 12.6. The van der Waals surface area contributed by atoms with Crippen molar-refractivity contribution in [1.29, 1.82) is 10.5 Å². The lowest BCUT2D eigenvalue weighted by molar-refractivity contribution is -0.117. The highest BCUT2D eigenvalue weighted by molar-refractivity contribution is 6.01. The molecule has 0 bridgehead atoms. The molecule has 2 N–H and O–H groups in total. The van der Waals surface area contributed by atoms with Gasteiger partial charge >= 0.3 is 0 Å². The monoisotopic (exact) mass is 704 g/mol. The van der Waals surface area contributed by atoms with Crippen LogP contribution in [0, 0.1) is 35.5 Å². The fraction of sp³-hybridized carbons (Fsp3) is 0.229. The van der Waals surface area contributed by atoms with Crippen LogP contribution in [-0.4, -0.2) is 12.5 Å². The van der Waals surface area contributed by atoms with Crippen LogP contribution in [0.2, 0.25) is 0 Å². The molecule has 3 aromatic rings. The summed E-state index contributed by atoms with van der Waals surface area (Å²) in [5, 5.41) is 25.9. The van der Waals surface area contributed by atoms with E-state index in [2.05, 4.69) is 59.9 Å². The van der Waals surface area contributed by atoms with Gasteiger partial charge in [-0.05, 0) is 60.6 Å². The van der Waals surface area contributed by atoms with Crippen molar-refractivity contribution in [2.45, 2.75) is 67.5 Å². The molecule has 274 valence electrons. The molecule has 53 heavy (non-hydrogen) atoms. The van der Waals surface area contributed by atoms with Crippen LogP contribution in [0.3, 0.4) is 0 Å². The van der Waals surface area contributed by atoms with E-state index in [4.69, 9.17) is 0 Å². The molecule has 0 spiro atoms. The number of terminal acetylenes is 1. The highest BCUT2D eigenvalue weighted by atomic mass is 16.1. The van der Waals surface area contributed by atoms with Crippen molar-refractivity contribution in [3.63, 3.8) is 0 Å². The first-order valence-electron chi connectivity index (χ1n) is 18.1. The van der Waals surface area contributed by atoms with Gasteiger partial charge in [0.15, 0.2) is 0 Å². The maximum Gasteiger partial charge on any atom is 0.262 e. The zero-order chi connectivity index (χ0) is 39.5. The zero-order valence-corrected chi connectivity index (χ0v) is 32.3. The van der Waals surface area contributed by atoms with Gasteiger partial charge in [-0.25, -0.2) is 0 Å². The Morgan fingerprint density at radius 3 is 1.92 bits per heavy atom. The SMILES string of the molecule is C#C.C/C=C\C=C/C.CC.CC.N#C/C(=C/c1ccccc1)C(=O)NCc1cccc(CNC/C(C#N)=C(/C2=CC/C=C\C/C=C\2)c2ccccc2)c1. The van der Waals surface area contributed by atoms with E-state index in [9.17, 15) is 15.3 Å². The Kier molecular flexibility index (Phi) is 28.1. The minimum Gasteiger partial charge on any atom is -0.347 e. The molecule has 0 aliphatic heterocycles. The van der Waals surface area contributed by atoms with Gasteiger partial charge in [-0.3, -0.25) is 4.79 Å². The van der Waals surface area contributed by atoms with Crippen LogP contribution < -0.4 is 10.6 Å². The molecular formula is C48H56N4O. The molecule has 4 rings (SSSR count). The van der Waals surface area contributed by atoms with Gasteiger partial charge in [0.1, 0.15) is 11.6 Å². The van der Waals surface area contributed by atoms with Crippen molar-refractivity contribution in [2.75, 3.05) is 6.54 Å². The smallest absolute Gasteiger partial charge is 0.262 e. The summed E-state index contributed by atoms with van der Waals surface area (Å²) in [5.41, 5.74) is 6.50. The lowest BCUT2D eigenvalue weighted by Crippen LogP contribution is -2.24. The molecule has 3 aromatic carbocycles. The van der Waals surface area contributed by atoms with Gasteiger partial charge in [0, 0.05) is 25.2 Å². The van der Waals surface area contributed by atoms with Crippen LogP contribution in [0.25, 0.3) is 11.6 Å². The van der Waals surface area contributed by atoms with E-state index < -0.39 is 5.91 Å². The summed E-state index contributed by atoms with van der Waals surface area (Å²) in [6, 6.07) is 31.7. The number of benzene rings is 3. The molecule has 1 aliphatic rings. The molecule has 0 atom stereocenters. The van der Waals surface area contributed by atoms with Gasteiger partial charge in [0.25, 0.3) is 5.91 Å². The highest BCUT2D eigenvalue weighted by Crippen LogP contribution is 2.29. The molecule has 0 unspecified atom stereocenters. The van der Waals surface area contributed by atoms with Gasteiger partial charge in [0.05, 0.1) is 11.6 Å². The molecule has 5 heteroatoms. The lowest BCUT2D eigenvalue weighted by Gasteiger charge is -2.15. The van der Waals surface area contributed by atoms with Crippen LogP contribution in [0.15, 0.2) is 156 Å². The second-order valence-corrected chi connectivity index (χ2v) is 10.6. The van der Waals surface area contributed by atoms with E-state index in [1.54, 1.807) is 6.08 Å². The molecular weight excluding hydrogens is 649 g/mol. The van der Waals surface area contributed by atoms with E-state index in [1.165, 1.54) is 0 Å². The van der Waals surface area contributed by atoms with Crippen molar-refractivity contribution >= 4 is 17.6 Å². The lowest BCUT2D eigenvalue weighted by atomic mass is 9.91. The van der Waals surface area contributed by atoms with Crippen LogP contribution in [0.1, 0.15) is 76.6 Å². The van der Waals surface area contributed by atoms with Crippen molar-refractivity contribution in [2.24, 2.45) is 0 Å². The summed E-state index contributed by atoms with van der Waals surface area (Å²) >= 11 is 0. The first-order valence-corrected chi connectivity index (χ1v) is 18.1. The maximum absolute atomic E-state index is 12.6. The fourth-order valence-electron chi connectivity index (χ4n) is 4.76. The van der Waals surface area contributed by atoms with Gasteiger partial charge < -0.3 is 10.6 Å². The summed E-state index contributed by atoms with van der Waals surface area (Å²) in [5.74, 6) is -0.412. The average Bonchev–Trinajstić information content (AvgIpc) is 3.21. The van der Waals surface area contributed by atoms with Crippen LogP contribution in [0.4, 0.5) is 0 Å². The molecule has 0 saturated carbocycles. The molecule has 1 amide bonds. The summed E-state index contributed by atoms with van der Waals surface area (Å²) in [4.78, 5) is 12.6. The number of allylic oxidation sites excluding steroid dienone is 11. The standard InChI is InChI=1S/C36H32N4O.C6H10.2C2H6.C2H2/c37-23-33(22-28-13-6-4-7-14-28)36(41)40-26-30-16-12-15-29(21-30)25-39-27-34(24-38)35(32-19-10-5-11-20-32)31-17-8-2-1-3-9-18-31;1-3-5-6-4-2;3*1-2/h1-2,4-7,9-22,39H,3,8,25-27H2,(H,40,41);3-6H,1-2H3;2*1-2H3;1-2H/b2-1-,18-9-,31-17?,33-22-,35-34-;5-3-,6-4-;;;. The normalized spacial score (nSPS) is 13.3. The minimum atomic E-state index is -0.412. The molecule has 0 saturated heterocycles. The van der Waals surface area contributed by atoms with Crippen LogP contribution >= 0.6 is 0 Å². The quantitative estimate of drug-likeness (QED) is 0.0684. The Labute approximate surface area is 320 Å².